The van der Waals surface area contributed by atoms with Gasteiger partial charge in [-0.15, -0.1) is 0 Å². The van der Waals surface area contributed by atoms with Crippen molar-refractivity contribution in [2.45, 2.75) is 32.7 Å². The van der Waals surface area contributed by atoms with E-state index in [1.54, 1.807) is 7.11 Å². The zero-order valence-electron chi connectivity index (χ0n) is 16.2. The molecule has 0 amide bonds. The fourth-order valence-corrected chi connectivity index (χ4v) is 2.65. The standard InChI is InChI=1S/C21H25N5O/c1-21(2,3)16-9-11-17(12-10-16)25-20-24-14-23-19(26-20)22-13-15-7-5-6-8-18(15)27-4/h5-12,14H,13H2,1-4H3,(H2,22,23,24,25,26). The van der Waals surface area contributed by atoms with Gasteiger partial charge in [-0.25, -0.2) is 9.97 Å². The van der Waals surface area contributed by atoms with Crippen LogP contribution in [0.2, 0.25) is 0 Å². The maximum absolute atomic E-state index is 5.36. The van der Waals surface area contributed by atoms with Crippen LogP contribution in [-0.4, -0.2) is 22.1 Å². The van der Waals surface area contributed by atoms with Gasteiger partial charge >= 0.3 is 0 Å². The van der Waals surface area contributed by atoms with E-state index in [4.69, 9.17) is 4.74 Å². The molecule has 0 aliphatic rings. The first-order valence-corrected chi connectivity index (χ1v) is 8.88. The van der Waals surface area contributed by atoms with Crippen LogP contribution in [0.3, 0.4) is 0 Å². The minimum absolute atomic E-state index is 0.126. The molecule has 140 valence electrons. The van der Waals surface area contributed by atoms with Crippen molar-refractivity contribution in [3.05, 3.63) is 66.0 Å². The minimum Gasteiger partial charge on any atom is -0.496 e. The van der Waals surface area contributed by atoms with E-state index < -0.39 is 0 Å². The van der Waals surface area contributed by atoms with Crippen LogP contribution in [-0.2, 0) is 12.0 Å². The molecular weight excluding hydrogens is 338 g/mol. The highest BCUT2D eigenvalue weighted by molar-refractivity contribution is 5.54. The van der Waals surface area contributed by atoms with E-state index in [0.717, 1.165) is 17.0 Å². The van der Waals surface area contributed by atoms with Crippen LogP contribution in [0.5, 0.6) is 5.75 Å². The van der Waals surface area contributed by atoms with Crippen LogP contribution >= 0.6 is 0 Å². The molecule has 0 spiro atoms. The molecule has 1 aromatic heterocycles. The third kappa shape index (κ3) is 4.94. The molecular formula is C21H25N5O. The van der Waals surface area contributed by atoms with Gasteiger partial charge in [0.15, 0.2) is 0 Å². The average Bonchev–Trinajstić information content (AvgIpc) is 2.66. The second kappa shape index (κ2) is 8.03. The monoisotopic (exact) mass is 363 g/mol. The molecule has 0 aliphatic carbocycles. The van der Waals surface area contributed by atoms with Crippen molar-refractivity contribution in [3.8, 4) is 5.75 Å². The second-order valence-electron chi connectivity index (χ2n) is 7.25. The number of benzene rings is 2. The molecule has 0 atom stereocenters. The Morgan fingerprint density at radius 3 is 2.33 bits per heavy atom. The molecule has 1 heterocycles. The summed E-state index contributed by atoms with van der Waals surface area (Å²) in [6.07, 6.45) is 1.49. The zero-order valence-corrected chi connectivity index (χ0v) is 16.2. The largest absolute Gasteiger partial charge is 0.496 e. The fraction of sp³-hybridized carbons (Fsp3) is 0.286. The van der Waals surface area contributed by atoms with E-state index in [0.29, 0.717) is 18.4 Å². The summed E-state index contributed by atoms with van der Waals surface area (Å²) >= 11 is 0. The number of nitrogens with one attached hydrogen (secondary N) is 2. The van der Waals surface area contributed by atoms with E-state index in [1.807, 2.05) is 36.4 Å². The molecule has 0 radical (unpaired) electrons. The van der Waals surface area contributed by atoms with Crippen LogP contribution in [0, 0.1) is 0 Å². The quantitative estimate of drug-likeness (QED) is 0.670. The van der Waals surface area contributed by atoms with Gasteiger partial charge < -0.3 is 15.4 Å². The maximum atomic E-state index is 5.36. The van der Waals surface area contributed by atoms with E-state index in [9.17, 15) is 0 Å². The molecule has 2 N–H and O–H groups in total. The first-order chi connectivity index (χ1) is 13.0. The number of para-hydroxylation sites is 1. The van der Waals surface area contributed by atoms with Crippen LogP contribution in [0.25, 0.3) is 0 Å². The highest BCUT2D eigenvalue weighted by Gasteiger charge is 2.13. The van der Waals surface area contributed by atoms with Gasteiger partial charge in [0.2, 0.25) is 11.9 Å². The molecule has 0 unspecified atom stereocenters. The van der Waals surface area contributed by atoms with E-state index in [1.165, 1.54) is 11.9 Å². The molecule has 6 heteroatoms. The molecule has 3 rings (SSSR count). The predicted octanol–water partition coefficient (Wildman–Crippen LogP) is 4.53. The molecule has 0 fully saturated rings. The Morgan fingerprint density at radius 1 is 0.926 bits per heavy atom. The van der Waals surface area contributed by atoms with Crippen LogP contribution in [0.15, 0.2) is 54.9 Å². The third-order valence-electron chi connectivity index (χ3n) is 4.21. The Bertz CT molecular complexity index is 888. The van der Waals surface area contributed by atoms with Crippen molar-refractivity contribution in [2.24, 2.45) is 0 Å². The summed E-state index contributed by atoms with van der Waals surface area (Å²) < 4.78 is 5.36. The number of rotatable bonds is 6. The number of anilines is 3. The summed E-state index contributed by atoms with van der Waals surface area (Å²) in [5.41, 5.74) is 3.38. The average molecular weight is 363 g/mol. The van der Waals surface area contributed by atoms with Crippen LogP contribution < -0.4 is 15.4 Å². The summed E-state index contributed by atoms with van der Waals surface area (Å²) in [7, 11) is 1.66. The lowest BCUT2D eigenvalue weighted by molar-refractivity contribution is 0.410. The minimum atomic E-state index is 0.126. The second-order valence-corrected chi connectivity index (χ2v) is 7.25. The first kappa shape index (κ1) is 18.6. The molecule has 0 aliphatic heterocycles. The van der Waals surface area contributed by atoms with Gasteiger partial charge in [-0.05, 0) is 29.2 Å². The van der Waals surface area contributed by atoms with Crippen molar-refractivity contribution in [3.63, 3.8) is 0 Å². The number of methoxy groups -OCH3 is 1. The molecule has 0 bridgehead atoms. The lowest BCUT2D eigenvalue weighted by Crippen LogP contribution is -2.10. The summed E-state index contributed by atoms with van der Waals surface area (Å²) in [6.45, 7) is 7.15. The lowest BCUT2D eigenvalue weighted by atomic mass is 9.87. The molecule has 3 aromatic rings. The van der Waals surface area contributed by atoms with Crippen molar-refractivity contribution >= 4 is 17.6 Å². The topological polar surface area (TPSA) is 72.0 Å². The Labute approximate surface area is 160 Å². The van der Waals surface area contributed by atoms with Gasteiger partial charge in [-0.1, -0.05) is 51.1 Å². The Hall–Kier alpha value is -3.15. The Morgan fingerprint density at radius 2 is 1.63 bits per heavy atom. The Balaban J connectivity index is 1.67. The number of ether oxygens (including phenoxy) is 1. The Kier molecular flexibility index (Phi) is 5.54. The normalized spacial score (nSPS) is 11.1. The van der Waals surface area contributed by atoms with Gasteiger partial charge in [0.05, 0.1) is 7.11 Å². The van der Waals surface area contributed by atoms with Gasteiger partial charge in [-0.3, -0.25) is 0 Å². The summed E-state index contributed by atoms with van der Waals surface area (Å²) in [5.74, 6) is 1.83. The summed E-state index contributed by atoms with van der Waals surface area (Å²) in [6, 6.07) is 16.1. The highest BCUT2D eigenvalue weighted by Crippen LogP contribution is 2.24. The molecule has 6 nitrogen and oxygen atoms in total. The highest BCUT2D eigenvalue weighted by atomic mass is 16.5. The first-order valence-electron chi connectivity index (χ1n) is 8.88. The van der Waals surface area contributed by atoms with Gasteiger partial charge in [0.25, 0.3) is 0 Å². The van der Waals surface area contributed by atoms with Gasteiger partial charge in [-0.2, -0.15) is 4.98 Å². The summed E-state index contributed by atoms with van der Waals surface area (Å²) in [5, 5.41) is 6.43. The fourth-order valence-electron chi connectivity index (χ4n) is 2.65. The van der Waals surface area contributed by atoms with E-state index in [2.05, 4.69) is 58.5 Å². The number of aromatic nitrogens is 3. The van der Waals surface area contributed by atoms with Crippen LogP contribution in [0.1, 0.15) is 31.9 Å². The molecule has 0 saturated carbocycles. The number of hydrogen-bond donors (Lipinski definition) is 2. The number of nitrogens with zero attached hydrogens (tertiary/aromatic N) is 3. The predicted molar refractivity (Wildman–Crippen MR) is 109 cm³/mol. The zero-order chi connectivity index (χ0) is 19.3. The van der Waals surface area contributed by atoms with Gasteiger partial charge in [0, 0.05) is 17.8 Å². The van der Waals surface area contributed by atoms with Crippen molar-refractivity contribution in [1.29, 1.82) is 0 Å². The van der Waals surface area contributed by atoms with E-state index in [-0.39, 0.29) is 5.41 Å². The van der Waals surface area contributed by atoms with Crippen LogP contribution in [0.4, 0.5) is 17.6 Å². The summed E-state index contributed by atoms with van der Waals surface area (Å²) in [4.78, 5) is 12.8. The SMILES string of the molecule is COc1ccccc1CNc1ncnc(Nc2ccc(C(C)(C)C)cc2)n1. The lowest BCUT2D eigenvalue weighted by Gasteiger charge is -2.19. The maximum Gasteiger partial charge on any atom is 0.231 e. The van der Waals surface area contributed by atoms with E-state index >= 15 is 0 Å². The van der Waals surface area contributed by atoms with Crippen molar-refractivity contribution in [2.75, 3.05) is 17.7 Å². The third-order valence-corrected chi connectivity index (χ3v) is 4.21. The molecule has 0 saturated heterocycles. The number of hydrogen-bond acceptors (Lipinski definition) is 6. The molecule has 27 heavy (non-hydrogen) atoms. The molecule has 2 aromatic carbocycles. The van der Waals surface area contributed by atoms with Crippen molar-refractivity contribution in [1.82, 2.24) is 15.0 Å². The van der Waals surface area contributed by atoms with Gasteiger partial charge in [0.1, 0.15) is 12.1 Å². The smallest absolute Gasteiger partial charge is 0.231 e. The van der Waals surface area contributed by atoms with Crippen molar-refractivity contribution < 1.29 is 4.74 Å².